The molecule has 0 radical (unpaired) electrons. The second kappa shape index (κ2) is 9.65. The molecular weight excluding hydrogens is 374 g/mol. The zero-order valence-corrected chi connectivity index (χ0v) is 19.0. The summed E-state index contributed by atoms with van der Waals surface area (Å²) in [5.41, 5.74) is 2.51. The molecule has 0 aromatic carbocycles. The Morgan fingerprint density at radius 2 is 1.87 bits per heavy atom. The van der Waals surface area contributed by atoms with Gasteiger partial charge in [0, 0.05) is 36.4 Å². The van der Waals surface area contributed by atoms with Crippen LogP contribution in [-0.4, -0.2) is 56.3 Å². The molecule has 6 heteroatoms. The number of likely N-dealkylation sites (tertiary alicyclic amines) is 1. The van der Waals surface area contributed by atoms with Gasteiger partial charge in [0.1, 0.15) is 5.65 Å². The first-order valence-electron chi connectivity index (χ1n) is 12.1. The number of anilines is 1. The molecule has 2 N–H and O–H groups in total. The summed E-state index contributed by atoms with van der Waals surface area (Å²) in [5.74, 6) is 1.33. The van der Waals surface area contributed by atoms with Gasteiger partial charge < -0.3 is 19.9 Å². The van der Waals surface area contributed by atoms with Crippen molar-refractivity contribution in [1.82, 2.24) is 19.4 Å². The van der Waals surface area contributed by atoms with Crippen molar-refractivity contribution >= 4 is 17.0 Å². The number of fused-ring (bicyclic) bond motifs is 1. The lowest BCUT2D eigenvalue weighted by atomic mass is 9.89. The Balaban J connectivity index is 1.63. The van der Waals surface area contributed by atoms with Crippen LogP contribution in [0.4, 0.5) is 5.95 Å². The van der Waals surface area contributed by atoms with Crippen LogP contribution in [0.3, 0.4) is 0 Å². The van der Waals surface area contributed by atoms with Crippen molar-refractivity contribution in [3.63, 3.8) is 0 Å². The van der Waals surface area contributed by atoms with E-state index in [1.54, 1.807) is 0 Å². The largest absolute Gasteiger partial charge is 0.393 e. The number of aliphatic hydroxyl groups excluding tert-OH is 1. The van der Waals surface area contributed by atoms with E-state index < -0.39 is 0 Å². The molecule has 6 nitrogen and oxygen atoms in total. The number of piperidine rings is 1. The van der Waals surface area contributed by atoms with Crippen molar-refractivity contribution in [2.75, 3.05) is 25.0 Å². The van der Waals surface area contributed by atoms with Crippen molar-refractivity contribution in [2.24, 2.45) is 0 Å². The normalized spacial score (nSPS) is 24.0. The van der Waals surface area contributed by atoms with Crippen LogP contribution in [0, 0.1) is 0 Å². The van der Waals surface area contributed by atoms with Gasteiger partial charge in [-0.05, 0) is 83.4 Å². The molecule has 3 heterocycles. The summed E-state index contributed by atoms with van der Waals surface area (Å²) < 4.78 is 2.41. The molecule has 0 atom stereocenters. The number of hydrogen-bond donors (Lipinski definition) is 2. The Labute approximate surface area is 181 Å². The molecule has 30 heavy (non-hydrogen) atoms. The van der Waals surface area contributed by atoms with Crippen molar-refractivity contribution in [3.05, 3.63) is 18.0 Å². The summed E-state index contributed by atoms with van der Waals surface area (Å²) in [6.07, 6.45) is 12.8. The fourth-order valence-electron chi connectivity index (χ4n) is 5.18. The number of rotatable bonds is 7. The van der Waals surface area contributed by atoms with Gasteiger partial charge in [0.05, 0.1) is 6.10 Å². The zero-order valence-electron chi connectivity index (χ0n) is 19.0. The second-order valence-electron chi connectivity index (χ2n) is 9.57. The van der Waals surface area contributed by atoms with Crippen LogP contribution in [0.1, 0.15) is 89.7 Å². The summed E-state index contributed by atoms with van der Waals surface area (Å²) in [7, 11) is 0. The second-order valence-corrected chi connectivity index (χ2v) is 9.57. The van der Waals surface area contributed by atoms with Gasteiger partial charge in [-0.1, -0.05) is 13.3 Å². The molecule has 1 aliphatic carbocycles. The van der Waals surface area contributed by atoms with E-state index in [1.165, 1.54) is 36.9 Å². The SMILES string of the molecule is CCCCNc1ncc2c(C3CCN(C(C)C)CC3)cn(C3CCC(O)CC3)c2n1. The van der Waals surface area contributed by atoms with Crippen molar-refractivity contribution in [1.29, 1.82) is 0 Å². The van der Waals surface area contributed by atoms with E-state index in [9.17, 15) is 5.11 Å². The fourth-order valence-corrected chi connectivity index (χ4v) is 5.18. The predicted octanol–water partition coefficient (Wildman–Crippen LogP) is 4.71. The molecule has 4 rings (SSSR count). The van der Waals surface area contributed by atoms with Crippen LogP contribution in [0.2, 0.25) is 0 Å². The van der Waals surface area contributed by atoms with E-state index in [0.717, 1.165) is 56.7 Å². The van der Waals surface area contributed by atoms with Gasteiger partial charge in [-0.2, -0.15) is 4.98 Å². The Kier molecular flexibility index (Phi) is 6.94. The standard InChI is InChI=1S/C24H39N5O/c1-4-5-12-25-24-26-15-21-22(18-10-13-28(14-11-18)17(2)3)16-29(23(21)27-24)19-6-8-20(30)9-7-19/h15-20,30H,4-14H2,1-3H3,(H,25,26,27). The number of aliphatic hydroxyl groups is 1. The highest BCUT2D eigenvalue weighted by molar-refractivity contribution is 5.81. The van der Waals surface area contributed by atoms with Crippen molar-refractivity contribution in [2.45, 2.75) is 96.2 Å². The number of aromatic nitrogens is 3. The van der Waals surface area contributed by atoms with Gasteiger partial charge in [-0.25, -0.2) is 4.98 Å². The lowest BCUT2D eigenvalue weighted by molar-refractivity contribution is 0.111. The van der Waals surface area contributed by atoms with E-state index in [0.29, 0.717) is 18.0 Å². The highest BCUT2D eigenvalue weighted by atomic mass is 16.3. The number of nitrogens with zero attached hydrogens (tertiary/aromatic N) is 4. The minimum absolute atomic E-state index is 0.135. The Morgan fingerprint density at radius 3 is 2.53 bits per heavy atom. The van der Waals surface area contributed by atoms with Crippen LogP contribution in [0.25, 0.3) is 11.0 Å². The van der Waals surface area contributed by atoms with Crippen LogP contribution in [0.5, 0.6) is 0 Å². The van der Waals surface area contributed by atoms with Crippen LogP contribution >= 0.6 is 0 Å². The number of unbranched alkanes of at least 4 members (excludes halogenated alkanes) is 1. The first-order chi connectivity index (χ1) is 14.6. The summed E-state index contributed by atoms with van der Waals surface area (Å²) in [4.78, 5) is 12.2. The van der Waals surface area contributed by atoms with Crippen LogP contribution in [0.15, 0.2) is 12.4 Å². The van der Waals surface area contributed by atoms with Crippen molar-refractivity contribution < 1.29 is 5.11 Å². The number of hydrogen-bond acceptors (Lipinski definition) is 5. The molecule has 0 amide bonds. The summed E-state index contributed by atoms with van der Waals surface area (Å²) in [6.45, 7) is 10.0. The third-order valence-electron chi connectivity index (χ3n) is 7.18. The number of nitrogens with one attached hydrogen (secondary N) is 1. The Bertz CT molecular complexity index is 816. The minimum atomic E-state index is -0.135. The van der Waals surface area contributed by atoms with E-state index >= 15 is 0 Å². The highest BCUT2D eigenvalue weighted by Crippen LogP contribution is 2.38. The quantitative estimate of drug-likeness (QED) is 0.644. The fraction of sp³-hybridized carbons (Fsp3) is 0.750. The molecule has 0 spiro atoms. The van der Waals surface area contributed by atoms with Crippen LogP contribution < -0.4 is 5.32 Å². The molecule has 2 fully saturated rings. The average molecular weight is 414 g/mol. The molecule has 2 aromatic rings. The monoisotopic (exact) mass is 413 g/mol. The molecule has 1 aliphatic heterocycles. The maximum atomic E-state index is 9.98. The van der Waals surface area contributed by atoms with E-state index in [4.69, 9.17) is 4.98 Å². The van der Waals surface area contributed by atoms with E-state index in [1.807, 2.05) is 0 Å². The average Bonchev–Trinajstić information content (AvgIpc) is 3.13. The van der Waals surface area contributed by atoms with Crippen LogP contribution in [-0.2, 0) is 0 Å². The molecule has 0 bridgehead atoms. The van der Waals surface area contributed by atoms with Gasteiger partial charge in [0.2, 0.25) is 5.95 Å². The first-order valence-corrected chi connectivity index (χ1v) is 12.1. The third kappa shape index (κ3) is 4.65. The van der Waals surface area contributed by atoms with E-state index in [2.05, 4.69) is 52.9 Å². The Morgan fingerprint density at radius 1 is 1.13 bits per heavy atom. The molecule has 0 unspecified atom stereocenters. The minimum Gasteiger partial charge on any atom is -0.393 e. The summed E-state index contributed by atoms with van der Waals surface area (Å²) in [5, 5.41) is 14.6. The molecule has 166 valence electrons. The van der Waals surface area contributed by atoms with E-state index in [-0.39, 0.29) is 6.10 Å². The lowest BCUT2D eigenvalue weighted by Crippen LogP contribution is -2.37. The predicted molar refractivity (Wildman–Crippen MR) is 123 cm³/mol. The zero-order chi connectivity index (χ0) is 21.1. The third-order valence-corrected chi connectivity index (χ3v) is 7.18. The Hall–Kier alpha value is -1.66. The first kappa shape index (κ1) is 21.6. The maximum Gasteiger partial charge on any atom is 0.224 e. The van der Waals surface area contributed by atoms with Gasteiger partial charge in [0.25, 0.3) is 0 Å². The van der Waals surface area contributed by atoms with Gasteiger partial charge in [0.15, 0.2) is 0 Å². The lowest BCUT2D eigenvalue weighted by Gasteiger charge is -2.34. The molecule has 2 aromatic heterocycles. The molecule has 2 aliphatic rings. The molecule has 1 saturated heterocycles. The molecule has 1 saturated carbocycles. The summed E-state index contributed by atoms with van der Waals surface area (Å²) in [6, 6.07) is 1.06. The van der Waals surface area contributed by atoms with Gasteiger partial charge >= 0.3 is 0 Å². The smallest absolute Gasteiger partial charge is 0.224 e. The van der Waals surface area contributed by atoms with Gasteiger partial charge in [-0.15, -0.1) is 0 Å². The molecular formula is C24H39N5O. The van der Waals surface area contributed by atoms with Gasteiger partial charge in [-0.3, -0.25) is 0 Å². The highest BCUT2D eigenvalue weighted by Gasteiger charge is 2.28. The summed E-state index contributed by atoms with van der Waals surface area (Å²) >= 11 is 0. The maximum absolute atomic E-state index is 9.98. The van der Waals surface area contributed by atoms with Crippen molar-refractivity contribution in [3.8, 4) is 0 Å². The topological polar surface area (TPSA) is 66.2 Å².